The van der Waals surface area contributed by atoms with E-state index in [9.17, 15) is 0 Å². The summed E-state index contributed by atoms with van der Waals surface area (Å²) in [5, 5.41) is 3.52. The van der Waals surface area contributed by atoms with Gasteiger partial charge < -0.3 is 10.2 Å². The van der Waals surface area contributed by atoms with E-state index in [1.54, 1.807) is 0 Å². The zero-order valence-electron chi connectivity index (χ0n) is 13.6. The van der Waals surface area contributed by atoms with Crippen LogP contribution in [-0.2, 0) is 0 Å². The average molecular weight is 282 g/mol. The number of hydrogen-bond acceptors (Lipinski definition) is 2. The smallest absolute Gasteiger partial charge is 0.0437 e. The average Bonchev–Trinajstić information content (AvgIpc) is 2.52. The Hall–Kier alpha value is -1.80. The van der Waals surface area contributed by atoms with Crippen molar-refractivity contribution in [3.05, 3.63) is 59.7 Å². The van der Waals surface area contributed by atoms with Gasteiger partial charge in [-0.05, 0) is 56.1 Å². The molecule has 21 heavy (non-hydrogen) atoms. The quantitative estimate of drug-likeness (QED) is 0.817. The molecule has 0 aliphatic carbocycles. The molecule has 2 nitrogen and oxygen atoms in total. The topological polar surface area (TPSA) is 15.3 Å². The highest BCUT2D eigenvalue weighted by atomic mass is 15.1. The number of aryl methyl sites for hydroxylation is 1. The molecule has 2 heteroatoms. The summed E-state index contributed by atoms with van der Waals surface area (Å²) >= 11 is 0. The van der Waals surface area contributed by atoms with Crippen molar-refractivity contribution in [3.63, 3.8) is 0 Å². The van der Waals surface area contributed by atoms with Crippen molar-refractivity contribution in [1.29, 1.82) is 0 Å². The summed E-state index contributed by atoms with van der Waals surface area (Å²) in [6, 6.07) is 17.7. The fourth-order valence-electron chi connectivity index (χ4n) is 2.54. The molecule has 112 valence electrons. The van der Waals surface area contributed by atoms with Crippen molar-refractivity contribution < 1.29 is 0 Å². The maximum Gasteiger partial charge on any atom is 0.0437 e. The zero-order valence-corrected chi connectivity index (χ0v) is 13.6. The largest absolute Gasteiger partial charge is 0.344 e. The number of hydrogen-bond donors (Lipinski definition) is 1. The molecule has 0 spiro atoms. The number of nitrogens with one attached hydrogen (secondary N) is 1. The van der Waals surface area contributed by atoms with Gasteiger partial charge in [-0.3, -0.25) is 0 Å². The number of rotatable bonds is 6. The van der Waals surface area contributed by atoms with Crippen molar-refractivity contribution in [3.8, 4) is 0 Å². The number of para-hydroxylation sites is 1. The molecule has 2 aromatic rings. The molecule has 0 radical (unpaired) electrons. The van der Waals surface area contributed by atoms with Gasteiger partial charge >= 0.3 is 0 Å². The van der Waals surface area contributed by atoms with Crippen molar-refractivity contribution in [2.75, 3.05) is 18.5 Å². The van der Waals surface area contributed by atoms with Gasteiger partial charge in [0.15, 0.2) is 0 Å². The van der Waals surface area contributed by atoms with E-state index in [1.807, 2.05) is 0 Å². The first-order valence-electron chi connectivity index (χ1n) is 7.76. The van der Waals surface area contributed by atoms with Gasteiger partial charge in [0.25, 0.3) is 0 Å². The Balaban J connectivity index is 2.13. The molecular formula is C19H26N2. The molecule has 1 unspecified atom stereocenters. The first-order chi connectivity index (χ1) is 10.1. The van der Waals surface area contributed by atoms with Crippen LogP contribution in [0.15, 0.2) is 48.5 Å². The minimum absolute atomic E-state index is 0.405. The van der Waals surface area contributed by atoms with Crippen molar-refractivity contribution in [2.24, 2.45) is 0 Å². The Kier molecular flexibility index (Phi) is 5.40. The molecule has 0 saturated carbocycles. The van der Waals surface area contributed by atoms with E-state index < -0.39 is 0 Å². The standard InChI is InChI=1S/C19H26N2/c1-5-14-20-16(3)17-10-12-18(13-11-17)21(4)19-9-7-6-8-15(19)2/h6-13,16,20H,5,14H2,1-4H3. The first kappa shape index (κ1) is 15.6. The van der Waals surface area contributed by atoms with Gasteiger partial charge in [-0.1, -0.05) is 37.3 Å². The summed E-state index contributed by atoms with van der Waals surface area (Å²) < 4.78 is 0. The highest BCUT2D eigenvalue weighted by Crippen LogP contribution is 2.27. The normalized spacial score (nSPS) is 12.2. The third kappa shape index (κ3) is 3.85. The predicted molar refractivity (Wildman–Crippen MR) is 92.4 cm³/mol. The van der Waals surface area contributed by atoms with Crippen LogP contribution in [0.25, 0.3) is 0 Å². The molecule has 1 atom stereocenters. The highest BCUT2D eigenvalue weighted by molar-refractivity contribution is 5.65. The van der Waals surface area contributed by atoms with E-state index in [1.165, 1.54) is 28.9 Å². The van der Waals surface area contributed by atoms with Crippen LogP contribution < -0.4 is 10.2 Å². The second-order valence-electron chi connectivity index (χ2n) is 5.61. The van der Waals surface area contributed by atoms with Gasteiger partial charge in [0.05, 0.1) is 0 Å². The summed E-state index contributed by atoms with van der Waals surface area (Å²) in [4.78, 5) is 2.24. The van der Waals surface area contributed by atoms with Crippen LogP contribution >= 0.6 is 0 Å². The lowest BCUT2D eigenvalue weighted by Crippen LogP contribution is -2.19. The first-order valence-corrected chi connectivity index (χ1v) is 7.76. The van der Waals surface area contributed by atoms with Gasteiger partial charge in [-0.2, -0.15) is 0 Å². The Morgan fingerprint density at radius 3 is 2.33 bits per heavy atom. The zero-order chi connectivity index (χ0) is 15.2. The van der Waals surface area contributed by atoms with E-state index in [-0.39, 0.29) is 0 Å². The Bertz CT molecular complexity index is 560. The van der Waals surface area contributed by atoms with Gasteiger partial charge in [0, 0.05) is 24.5 Å². The summed E-state index contributed by atoms with van der Waals surface area (Å²) in [5.41, 5.74) is 5.10. The number of benzene rings is 2. The van der Waals surface area contributed by atoms with Gasteiger partial charge in [-0.25, -0.2) is 0 Å². The van der Waals surface area contributed by atoms with E-state index in [0.717, 1.165) is 6.54 Å². The Morgan fingerprint density at radius 1 is 1.05 bits per heavy atom. The number of nitrogens with zero attached hydrogens (tertiary/aromatic N) is 1. The summed E-state index contributed by atoms with van der Waals surface area (Å²) in [5.74, 6) is 0. The van der Waals surface area contributed by atoms with Crippen molar-refractivity contribution in [1.82, 2.24) is 5.32 Å². The molecule has 1 N–H and O–H groups in total. The van der Waals surface area contributed by atoms with Gasteiger partial charge in [-0.15, -0.1) is 0 Å². The molecule has 0 aliphatic heterocycles. The van der Waals surface area contributed by atoms with Crippen molar-refractivity contribution >= 4 is 11.4 Å². The van der Waals surface area contributed by atoms with Gasteiger partial charge in [0.1, 0.15) is 0 Å². The molecule has 0 aliphatic rings. The number of anilines is 2. The van der Waals surface area contributed by atoms with Crippen LogP contribution in [0.4, 0.5) is 11.4 Å². The van der Waals surface area contributed by atoms with Crippen molar-refractivity contribution in [2.45, 2.75) is 33.2 Å². The highest BCUT2D eigenvalue weighted by Gasteiger charge is 2.08. The van der Waals surface area contributed by atoms with E-state index in [0.29, 0.717) is 6.04 Å². The maximum atomic E-state index is 3.52. The summed E-state index contributed by atoms with van der Waals surface area (Å²) in [7, 11) is 2.12. The van der Waals surface area contributed by atoms with Crippen LogP contribution in [0.1, 0.15) is 37.4 Å². The third-order valence-electron chi connectivity index (χ3n) is 3.96. The van der Waals surface area contributed by atoms with E-state index >= 15 is 0 Å². The molecule has 2 rings (SSSR count). The van der Waals surface area contributed by atoms with Gasteiger partial charge in [0.2, 0.25) is 0 Å². The molecule has 0 fully saturated rings. The Labute approximate surface area is 128 Å². The fourth-order valence-corrected chi connectivity index (χ4v) is 2.54. The molecule has 0 saturated heterocycles. The van der Waals surface area contributed by atoms with Crippen LogP contribution in [0.5, 0.6) is 0 Å². The molecule has 2 aromatic carbocycles. The van der Waals surface area contributed by atoms with Crippen LogP contribution in [0.2, 0.25) is 0 Å². The van der Waals surface area contributed by atoms with Crippen LogP contribution in [0.3, 0.4) is 0 Å². The van der Waals surface area contributed by atoms with Crippen LogP contribution in [0, 0.1) is 6.92 Å². The molecule has 0 heterocycles. The van der Waals surface area contributed by atoms with E-state index in [2.05, 4.69) is 86.6 Å². The summed E-state index contributed by atoms with van der Waals surface area (Å²) in [6.07, 6.45) is 1.17. The second kappa shape index (κ2) is 7.28. The lowest BCUT2D eigenvalue weighted by Gasteiger charge is -2.22. The van der Waals surface area contributed by atoms with E-state index in [4.69, 9.17) is 0 Å². The summed E-state index contributed by atoms with van der Waals surface area (Å²) in [6.45, 7) is 7.62. The molecular weight excluding hydrogens is 256 g/mol. The third-order valence-corrected chi connectivity index (χ3v) is 3.96. The monoisotopic (exact) mass is 282 g/mol. The minimum Gasteiger partial charge on any atom is -0.344 e. The molecule has 0 bridgehead atoms. The van der Waals surface area contributed by atoms with Crippen LogP contribution in [-0.4, -0.2) is 13.6 Å². The fraction of sp³-hybridized carbons (Fsp3) is 0.368. The minimum atomic E-state index is 0.405. The predicted octanol–water partition coefficient (Wildman–Crippen LogP) is 4.82. The second-order valence-corrected chi connectivity index (χ2v) is 5.61. The SMILES string of the molecule is CCCNC(C)c1ccc(N(C)c2ccccc2C)cc1. The molecule has 0 aromatic heterocycles. The molecule has 0 amide bonds. The lowest BCUT2D eigenvalue weighted by molar-refractivity contribution is 0.571. The Morgan fingerprint density at radius 2 is 1.71 bits per heavy atom. The lowest BCUT2D eigenvalue weighted by atomic mass is 10.1. The maximum absolute atomic E-state index is 3.52.